The van der Waals surface area contributed by atoms with Gasteiger partial charge >= 0.3 is 0 Å². The Morgan fingerprint density at radius 2 is 2.17 bits per heavy atom. The first-order chi connectivity index (χ1) is 11.2. The molecule has 0 spiro atoms. The third-order valence-corrected chi connectivity index (χ3v) is 3.38. The van der Waals surface area contributed by atoms with Crippen molar-refractivity contribution in [2.24, 2.45) is 0 Å². The molecule has 0 radical (unpaired) electrons. The molecule has 0 aliphatic carbocycles. The van der Waals surface area contributed by atoms with E-state index < -0.39 is 0 Å². The van der Waals surface area contributed by atoms with E-state index in [-0.39, 0.29) is 23.6 Å². The lowest BCUT2D eigenvalue weighted by atomic mass is 10.1. The van der Waals surface area contributed by atoms with Gasteiger partial charge in [0.1, 0.15) is 5.56 Å². The van der Waals surface area contributed by atoms with Gasteiger partial charge in [-0.25, -0.2) is 0 Å². The summed E-state index contributed by atoms with van der Waals surface area (Å²) in [5, 5.41) is 11.4. The normalized spacial score (nSPS) is 10.5. The monoisotopic (exact) mass is 309 g/mol. The highest BCUT2D eigenvalue weighted by atomic mass is 16.5. The van der Waals surface area contributed by atoms with Crippen LogP contribution in [0.25, 0.3) is 11.0 Å². The zero-order valence-corrected chi connectivity index (χ0v) is 12.5. The maximum atomic E-state index is 12.3. The molecule has 2 heterocycles. The molecule has 0 aliphatic rings. The van der Waals surface area contributed by atoms with Crippen molar-refractivity contribution in [3.05, 3.63) is 65.5 Å². The molecule has 6 nitrogen and oxygen atoms in total. The second-order valence-corrected chi connectivity index (χ2v) is 4.87. The molecule has 116 valence electrons. The number of nitrogens with zero attached hydrogens (tertiary/aromatic N) is 1. The fraction of sp³-hybridized carbons (Fsp3) is 0.118. The summed E-state index contributed by atoms with van der Waals surface area (Å²) in [5.74, 6) is 0.144. The largest absolute Gasteiger partial charge is 0.493 e. The number of hydrogen-bond donors (Lipinski definition) is 2. The van der Waals surface area contributed by atoms with Gasteiger partial charge in [0.15, 0.2) is 11.3 Å². The number of aromatic nitrogens is 1. The van der Waals surface area contributed by atoms with Gasteiger partial charge in [0.25, 0.3) is 5.91 Å². The van der Waals surface area contributed by atoms with Crippen LogP contribution in [-0.2, 0) is 6.54 Å². The second-order valence-electron chi connectivity index (χ2n) is 4.87. The molecule has 2 aromatic heterocycles. The average Bonchev–Trinajstić information content (AvgIpc) is 2.59. The summed E-state index contributed by atoms with van der Waals surface area (Å²) in [5.41, 5.74) is 1.15. The molecule has 3 rings (SSSR count). The molecule has 0 fully saturated rings. The van der Waals surface area contributed by atoms with Crippen molar-refractivity contribution in [2.45, 2.75) is 6.54 Å². The molecule has 2 N–H and O–H groups in total. The molecule has 1 amide bonds. The Balaban J connectivity index is 1.89. The minimum absolute atomic E-state index is 0.168. The minimum atomic E-state index is -0.380. The number of carbonyl (C=O) groups is 1. The molecule has 6 heteroatoms. The standard InChI is InChI=1S/C17H15N3O3/c1-22-14-7-4-5-11-9-13(16(18)23-15(11)14)17(21)20-10-12-6-2-3-8-19-12/h2-9,18H,10H2,1H3,(H,20,21). The summed E-state index contributed by atoms with van der Waals surface area (Å²) in [6.07, 6.45) is 1.66. The Labute approximate surface area is 132 Å². The van der Waals surface area contributed by atoms with Crippen molar-refractivity contribution >= 4 is 16.9 Å². The summed E-state index contributed by atoms with van der Waals surface area (Å²) in [6, 6.07) is 12.4. The molecule has 0 aliphatic heterocycles. The van der Waals surface area contributed by atoms with Crippen LogP contribution in [-0.4, -0.2) is 18.0 Å². The minimum Gasteiger partial charge on any atom is -0.493 e. The van der Waals surface area contributed by atoms with E-state index in [9.17, 15) is 4.79 Å². The summed E-state index contributed by atoms with van der Waals surface area (Å²) in [4.78, 5) is 16.4. The molecule has 3 aromatic rings. The van der Waals surface area contributed by atoms with Gasteiger partial charge in [0.2, 0.25) is 5.55 Å². The molecular formula is C17H15N3O3. The molecule has 0 atom stereocenters. The molecule has 0 unspecified atom stereocenters. The van der Waals surface area contributed by atoms with E-state index in [1.807, 2.05) is 18.2 Å². The lowest BCUT2D eigenvalue weighted by molar-refractivity contribution is 0.0946. The number of pyridine rings is 1. The highest BCUT2D eigenvalue weighted by Gasteiger charge is 2.13. The SMILES string of the molecule is COc1cccc2cc(C(=O)NCc3ccccn3)c(=N)oc12. The fourth-order valence-electron chi connectivity index (χ4n) is 2.23. The number of fused-ring (bicyclic) bond motifs is 1. The van der Waals surface area contributed by atoms with Gasteiger partial charge in [-0.2, -0.15) is 0 Å². The van der Waals surface area contributed by atoms with Crippen LogP contribution in [0.2, 0.25) is 0 Å². The molecule has 0 bridgehead atoms. The lowest BCUT2D eigenvalue weighted by Gasteiger charge is -2.07. The van der Waals surface area contributed by atoms with Crippen molar-refractivity contribution in [3.63, 3.8) is 0 Å². The van der Waals surface area contributed by atoms with E-state index in [1.165, 1.54) is 7.11 Å². The van der Waals surface area contributed by atoms with Crippen molar-refractivity contribution in [1.29, 1.82) is 5.41 Å². The van der Waals surface area contributed by atoms with E-state index in [4.69, 9.17) is 14.6 Å². The molecule has 0 saturated heterocycles. The Morgan fingerprint density at radius 3 is 2.91 bits per heavy atom. The van der Waals surface area contributed by atoms with Crippen LogP contribution in [0.4, 0.5) is 0 Å². The number of rotatable bonds is 4. The maximum absolute atomic E-state index is 12.3. The Hall–Kier alpha value is -3.15. The van der Waals surface area contributed by atoms with Crippen LogP contribution < -0.4 is 15.6 Å². The summed E-state index contributed by atoms with van der Waals surface area (Å²) < 4.78 is 10.7. The smallest absolute Gasteiger partial charge is 0.257 e. The fourth-order valence-corrected chi connectivity index (χ4v) is 2.23. The number of hydrogen-bond acceptors (Lipinski definition) is 5. The van der Waals surface area contributed by atoms with Crippen LogP contribution in [0, 0.1) is 5.41 Å². The number of benzene rings is 1. The summed E-state index contributed by atoms with van der Waals surface area (Å²) in [6.45, 7) is 0.287. The number of ether oxygens (including phenoxy) is 1. The summed E-state index contributed by atoms with van der Waals surface area (Å²) in [7, 11) is 1.53. The van der Waals surface area contributed by atoms with E-state index in [1.54, 1.807) is 30.5 Å². The highest BCUT2D eigenvalue weighted by molar-refractivity contribution is 5.97. The van der Waals surface area contributed by atoms with Crippen molar-refractivity contribution < 1.29 is 13.9 Å². The van der Waals surface area contributed by atoms with Gasteiger partial charge in [-0.15, -0.1) is 0 Å². The first kappa shape index (κ1) is 14.8. The van der Waals surface area contributed by atoms with Crippen LogP contribution in [0.15, 0.2) is 53.1 Å². The topological polar surface area (TPSA) is 88.2 Å². The third kappa shape index (κ3) is 3.06. The highest BCUT2D eigenvalue weighted by Crippen LogP contribution is 2.24. The van der Waals surface area contributed by atoms with Gasteiger partial charge in [0.05, 0.1) is 19.3 Å². The van der Waals surface area contributed by atoms with Crippen LogP contribution in [0.1, 0.15) is 16.1 Å². The molecule has 0 saturated carbocycles. The second kappa shape index (κ2) is 6.31. The van der Waals surface area contributed by atoms with E-state index >= 15 is 0 Å². The zero-order chi connectivity index (χ0) is 16.2. The number of carbonyl (C=O) groups excluding carboxylic acids is 1. The Kier molecular flexibility index (Phi) is 4.05. The van der Waals surface area contributed by atoms with Gasteiger partial charge in [-0.1, -0.05) is 18.2 Å². The first-order valence-electron chi connectivity index (χ1n) is 7.02. The lowest BCUT2D eigenvalue weighted by Crippen LogP contribution is -2.28. The molecular weight excluding hydrogens is 294 g/mol. The predicted molar refractivity (Wildman–Crippen MR) is 84.0 cm³/mol. The van der Waals surface area contributed by atoms with Crippen molar-refractivity contribution in [1.82, 2.24) is 10.3 Å². The van der Waals surface area contributed by atoms with Gasteiger partial charge in [-0.05, 0) is 24.3 Å². The molecule has 1 aromatic carbocycles. The van der Waals surface area contributed by atoms with Gasteiger partial charge < -0.3 is 14.5 Å². The first-order valence-corrected chi connectivity index (χ1v) is 7.02. The Bertz CT molecular complexity index is 904. The van der Waals surface area contributed by atoms with Crippen LogP contribution in [0.3, 0.4) is 0 Å². The van der Waals surface area contributed by atoms with E-state index in [0.717, 1.165) is 5.69 Å². The number of nitrogens with one attached hydrogen (secondary N) is 2. The van der Waals surface area contributed by atoms with Crippen LogP contribution >= 0.6 is 0 Å². The predicted octanol–water partition coefficient (Wildman–Crippen LogP) is 2.25. The van der Waals surface area contributed by atoms with Crippen molar-refractivity contribution in [3.8, 4) is 5.75 Å². The quantitative estimate of drug-likeness (QED) is 0.773. The van der Waals surface area contributed by atoms with Crippen LogP contribution in [0.5, 0.6) is 5.75 Å². The number of para-hydroxylation sites is 1. The maximum Gasteiger partial charge on any atom is 0.257 e. The zero-order valence-electron chi connectivity index (χ0n) is 12.5. The summed E-state index contributed by atoms with van der Waals surface area (Å²) >= 11 is 0. The van der Waals surface area contributed by atoms with Crippen molar-refractivity contribution in [2.75, 3.05) is 7.11 Å². The van der Waals surface area contributed by atoms with Gasteiger partial charge in [-0.3, -0.25) is 15.2 Å². The third-order valence-electron chi connectivity index (χ3n) is 3.38. The number of methoxy groups -OCH3 is 1. The average molecular weight is 309 g/mol. The van der Waals surface area contributed by atoms with Gasteiger partial charge in [0, 0.05) is 11.6 Å². The Morgan fingerprint density at radius 1 is 1.30 bits per heavy atom. The van der Waals surface area contributed by atoms with E-state index in [2.05, 4.69) is 10.3 Å². The van der Waals surface area contributed by atoms with E-state index in [0.29, 0.717) is 16.7 Å². The molecule has 23 heavy (non-hydrogen) atoms. The number of amides is 1.